The summed E-state index contributed by atoms with van der Waals surface area (Å²) < 4.78 is 36.8. The van der Waals surface area contributed by atoms with Crippen LogP contribution in [0, 0.1) is 0 Å². The standard InChI is InChI=1S/C13H13F3N2O/c1-17-12(13(14,15)16)18-9-5-8-11(19)10-6-3-2-4-7-10/h2-4,6-7,9H,5,8H2,1H3. The second-order valence-corrected chi connectivity index (χ2v) is 3.68. The van der Waals surface area contributed by atoms with Gasteiger partial charge in [-0.1, -0.05) is 30.3 Å². The highest BCUT2D eigenvalue weighted by Crippen LogP contribution is 2.17. The molecule has 0 bridgehead atoms. The van der Waals surface area contributed by atoms with E-state index in [1.165, 1.54) is 0 Å². The highest BCUT2D eigenvalue weighted by atomic mass is 19.4. The number of Topliss-reactive ketones (excluding diaryl/α,β-unsaturated/α-hetero) is 1. The molecule has 0 aliphatic rings. The van der Waals surface area contributed by atoms with Crippen molar-refractivity contribution in [2.24, 2.45) is 9.98 Å². The van der Waals surface area contributed by atoms with E-state index in [2.05, 4.69) is 9.98 Å². The molecular formula is C13H13F3N2O. The van der Waals surface area contributed by atoms with Crippen LogP contribution < -0.4 is 0 Å². The van der Waals surface area contributed by atoms with Crippen molar-refractivity contribution in [1.82, 2.24) is 0 Å². The van der Waals surface area contributed by atoms with Crippen LogP contribution in [-0.2, 0) is 0 Å². The Morgan fingerprint density at radius 2 is 1.89 bits per heavy atom. The fourth-order valence-electron chi connectivity index (χ4n) is 1.37. The molecule has 0 heterocycles. The van der Waals surface area contributed by atoms with Gasteiger partial charge in [-0.15, -0.1) is 0 Å². The van der Waals surface area contributed by atoms with Crippen LogP contribution in [0.2, 0.25) is 0 Å². The smallest absolute Gasteiger partial charge is 0.294 e. The molecule has 0 atom stereocenters. The molecule has 0 aromatic heterocycles. The lowest BCUT2D eigenvalue weighted by molar-refractivity contribution is -0.0597. The maximum Gasteiger partial charge on any atom is 0.451 e. The Bertz CT molecular complexity index is 478. The third-order valence-corrected chi connectivity index (χ3v) is 2.28. The van der Waals surface area contributed by atoms with Crippen molar-refractivity contribution in [3.05, 3.63) is 35.9 Å². The molecule has 0 spiro atoms. The van der Waals surface area contributed by atoms with Crippen molar-refractivity contribution >= 4 is 17.8 Å². The van der Waals surface area contributed by atoms with Crippen LogP contribution in [-0.4, -0.2) is 31.1 Å². The van der Waals surface area contributed by atoms with E-state index in [9.17, 15) is 18.0 Å². The van der Waals surface area contributed by atoms with Gasteiger partial charge in [0.25, 0.3) is 0 Å². The van der Waals surface area contributed by atoms with Gasteiger partial charge in [-0.3, -0.25) is 9.79 Å². The van der Waals surface area contributed by atoms with Crippen molar-refractivity contribution in [2.75, 3.05) is 7.05 Å². The topological polar surface area (TPSA) is 41.8 Å². The van der Waals surface area contributed by atoms with Gasteiger partial charge in [-0.2, -0.15) is 13.2 Å². The van der Waals surface area contributed by atoms with E-state index in [0.717, 1.165) is 13.3 Å². The van der Waals surface area contributed by atoms with Crippen molar-refractivity contribution in [2.45, 2.75) is 19.0 Å². The number of rotatable bonds is 4. The first-order valence-corrected chi connectivity index (χ1v) is 5.60. The minimum atomic E-state index is -4.56. The SMILES string of the molecule is CN=C(N=CCCC(=O)c1ccccc1)C(F)(F)F. The number of carbonyl (C=O) groups is 1. The molecule has 0 fully saturated rings. The first-order valence-electron chi connectivity index (χ1n) is 5.60. The number of carbonyl (C=O) groups excluding carboxylic acids is 1. The number of amidine groups is 1. The lowest BCUT2D eigenvalue weighted by Crippen LogP contribution is -2.20. The van der Waals surface area contributed by atoms with E-state index in [-0.39, 0.29) is 18.6 Å². The fourth-order valence-corrected chi connectivity index (χ4v) is 1.37. The Morgan fingerprint density at radius 1 is 1.26 bits per heavy atom. The average molecular weight is 270 g/mol. The molecule has 1 aromatic carbocycles. The molecule has 0 aliphatic heterocycles. The quantitative estimate of drug-likeness (QED) is 0.470. The molecule has 0 saturated carbocycles. The zero-order valence-corrected chi connectivity index (χ0v) is 10.3. The summed E-state index contributed by atoms with van der Waals surface area (Å²) in [7, 11) is 1.02. The number of benzene rings is 1. The van der Waals surface area contributed by atoms with E-state index in [0.29, 0.717) is 5.56 Å². The molecule has 6 heteroatoms. The second-order valence-electron chi connectivity index (χ2n) is 3.68. The van der Waals surface area contributed by atoms with Crippen LogP contribution in [0.15, 0.2) is 40.3 Å². The number of hydrogen-bond donors (Lipinski definition) is 0. The molecule has 1 rings (SSSR count). The zero-order chi connectivity index (χ0) is 14.3. The van der Waals surface area contributed by atoms with E-state index in [1.807, 2.05) is 0 Å². The summed E-state index contributed by atoms with van der Waals surface area (Å²) in [6.07, 6.45) is -3.24. The van der Waals surface area contributed by atoms with Crippen LogP contribution >= 0.6 is 0 Å². The van der Waals surface area contributed by atoms with Crippen LogP contribution in [0.4, 0.5) is 13.2 Å². The number of ketones is 1. The molecule has 0 saturated heterocycles. The van der Waals surface area contributed by atoms with Gasteiger partial charge in [0.05, 0.1) is 0 Å². The highest BCUT2D eigenvalue weighted by Gasteiger charge is 2.34. The molecule has 1 aromatic rings. The molecular weight excluding hydrogens is 257 g/mol. The Balaban J connectivity index is 2.49. The zero-order valence-electron chi connectivity index (χ0n) is 10.3. The Kier molecular flexibility index (Phi) is 5.41. The van der Waals surface area contributed by atoms with Gasteiger partial charge in [-0.05, 0) is 6.42 Å². The van der Waals surface area contributed by atoms with Crippen LogP contribution in [0.1, 0.15) is 23.2 Å². The molecule has 0 amide bonds. The van der Waals surface area contributed by atoms with Gasteiger partial charge in [-0.25, -0.2) is 4.99 Å². The number of halogens is 3. The van der Waals surface area contributed by atoms with E-state index >= 15 is 0 Å². The molecule has 19 heavy (non-hydrogen) atoms. The maximum absolute atomic E-state index is 12.3. The largest absolute Gasteiger partial charge is 0.451 e. The van der Waals surface area contributed by atoms with Crippen LogP contribution in [0.25, 0.3) is 0 Å². The van der Waals surface area contributed by atoms with E-state index in [4.69, 9.17) is 0 Å². The third-order valence-electron chi connectivity index (χ3n) is 2.28. The highest BCUT2D eigenvalue weighted by molar-refractivity contribution is 5.98. The van der Waals surface area contributed by atoms with E-state index < -0.39 is 12.0 Å². The maximum atomic E-state index is 12.3. The molecule has 0 N–H and O–H groups in total. The van der Waals surface area contributed by atoms with E-state index in [1.54, 1.807) is 30.3 Å². The summed E-state index contributed by atoms with van der Waals surface area (Å²) in [6, 6.07) is 8.56. The summed E-state index contributed by atoms with van der Waals surface area (Å²) in [4.78, 5) is 17.9. The molecule has 0 aliphatic carbocycles. The minimum Gasteiger partial charge on any atom is -0.294 e. The summed E-state index contributed by atoms with van der Waals surface area (Å²) >= 11 is 0. The summed E-state index contributed by atoms with van der Waals surface area (Å²) in [5, 5.41) is 0. The lowest BCUT2D eigenvalue weighted by atomic mass is 10.1. The Morgan fingerprint density at radius 3 is 2.42 bits per heavy atom. The number of hydrogen-bond acceptors (Lipinski definition) is 2. The Labute approximate surface area is 108 Å². The lowest BCUT2D eigenvalue weighted by Gasteiger charge is -2.03. The average Bonchev–Trinajstić information content (AvgIpc) is 2.38. The predicted molar refractivity (Wildman–Crippen MR) is 67.9 cm³/mol. The summed E-state index contributed by atoms with van der Waals surface area (Å²) in [6.45, 7) is 0. The minimum absolute atomic E-state index is 0.113. The first-order chi connectivity index (χ1) is 8.95. The predicted octanol–water partition coefficient (Wildman–Crippen LogP) is 3.31. The van der Waals surface area contributed by atoms with Gasteiger partial charge in [0.2, 0.25) is 5.84 Å². The molecule has 0 radical (unpaired) electrons. The van der Waals surface area contributed by atoms with Crippen molar-refractivity contribution in [1.29, 1.82) is 0 Å². The van der Waals surface area contributed by atoms with Gasteiger partial charge in [0.1, 0.15) is 0 Å². The van der Waals surface area contributed by atoms with Crippen LogP contribution in [0.3, 0.4) is 0 Å². The van der Waals surface area contributed by atoms with Gasteiger partial charge < -0.3 is 0 Å². The number of nitrogens with zero attached hydrogens (tertiary/aromatic N) is 2. The Hall–Kier alpha value is -1.98. The van der Waals surface area contributed by atoms with Gasteiger partial charge in [0, 0.05) is 25.2 Å². The molecule has 0 unspecified atom stereocenters. The van der Waals surface area contributed by atoms with Gasteiger partial charge >= 0.3 is 6.18 Å². The number of aliphatic imine (C=N–C) groups is 2. The third kappa shape index (κ3) is 5.03. The monoisotopic (exact) mass is 270 g/mol. The number of alkyl halides is 3. The summed E-state index contributed by atoms with van der Waals surface area (Å²) in [5.41, 5.74) is 0.538. The normalized spacial score (nSPS) is 12.9. The fraction of sp³-hybridized carbons (Fsp3) is 0.308. The molecule has 3 nitrogen and oxygen atoms in total. The van der Waals surface area contributed by atoms with Gasteiger partial charge in [0.15, 0.2) is 5.78 Å². The van der Waals surface area contributed by atoms with Crippen LogP contribution in [0.5, 0.6) is 0 Å². The first kappa shape index (κ1) is 15.1. The second kappa shape index (κ2) is 6.82. The molecule has 102 valence electrons. The van der Waals surface area contributed by atoms with Crippen molar-refractivity contribution < 1.29 is 18.0 Å². The van der Waals surface area contributed by atoms with Crippen molar-refractivity contribution in [3.8, 4) is 0 Å². The van der Waals surface area contributed by atoms with Crippen molar-refractivity contribution in [3.63, 3.8) is 0 Å². The summed E-state index contributed by atoms with van der Waals surface area (Å²) in [5.74, 6) is -1.33.